The maximum absolute atomic E-state index is 5.54. The molecule has 0 amide bonds. The highest BCUT2D eigenvalue weighted by atomic mass is 35.6. The van der Waals surface area contributed by atoms with Crippen LogP contribution < -0.4 is 0 Å². The lowest BCUT2D eigenvalue weighted by Gasteiger charge is -2.09. The molecule has 0 N–H and O–H groups in total. The topological polar surface area (TPSA) is 25.8 Å². The van der Waals surface area contributed by atoms with E-state index in [9.17, 15) is 0 Å². The zero-order chi connectivity index (χ0) is 9.35. The fourth-order valence-corrected chi connectivity index (χ4v) is 1.23. The van der Waals surface area contributed by atoms with Crippen LogP contribution in [0.3, 0.4) is 0 Å². The van der Waals surface area contributed by atoms with E-state index in [-0.39, 0.29) is 16.1 Å². The molecular formula is C5HCl5N2. The number of rotatable bonds is 0. The van der Waals surface area contributed by atoms with Crippen LogP contribution in [0.5, 0.6) is 0 Å². The summed E-state index contributed by atoms with van der Waals surface area (Å²) in [4.78, 5) is 7.27. The van der Waals surface area contributed by atoms with E-state index in [1.807, 2.05) is 0 Å². The minimum absolute atomic E-state index is 0.0520. The van der Waals surface area contributed by atoms with Crippen LogP contribution in [0.2, 0.25) is 10.4 Å². The fourth-order valence-electron chi connectivity index (χ4n) is 0.535. The molecule has 1 heterocycles. The van der Waals surface area contributed by atoms with Crippen LogP contribution in [0.1, 0.15) is 5.69 Å². The lowest BCUT2D eigenvalue weighted by Crippen LogP contribution is -2.04. The van der Waals surface area contributed by atoms with Gasteiger partial charge in [0.25, 0.3) is 0 Å². The number of hydrogen-bond acceptors (Lipinski definition) is 2. The molecule has 0 radical (unpaired) electrons. The number of aromatic nitrogens is 2. The number of halogens is 5. The summed E-state index contributed by atoms with van der Waals surface area (Å²) in [6.07, 6.45) is 0. The fraction of sp³-hybridized carbons (Fsp3) is 0.200. The first-order valence-electron chi connectivity index (χ1n) is 2.67. The molecule has 0 spiro atoms. The summed E-state index contributed by atoms with van der Waals surface area (Å²) in [6, 6.07) is 1.33. The minimum Gasteiger partial charge on any atom is -0.218 e. The van der Waals surface area contributed by atoms with Crippen molar-refractivity contribution in [3.05, 3.63) is 22.2 Å². The molecule has 7 heteroatoms. The third kappa shape index (κ3) is 2.79. The van der Waals surface area contributed by atoms with Gasteiger partial charge in [0, 0.05) is 6.07 Å². The molecule has 1 aromatic heterocycles. The average molecular weight is 266 g/mol. The Kier molecular flexibility index (Phi) is 3.29. The van der Waals surface area contributed by atoms with Crippen LogP contribution in [0.4, 0.5) is 0 Å². The molecule has 0 aliphatic rings. The molecule has 0 saturated heterocycles. The van der Waals surface area contributed by atoms with E-state index in [4.69, 9.17) is 58.0 Å². The van der Waals surface area contributed by atoms with Crippen molar-refractivity contribution in [2.24, 2.45) is 0 Å². The van der Waals surface area contributed by atoms with Gasteiger partial charge in [-0.3, -0.25) is 0 Å². The Labute approximate surface area is 93.8 Å². The number of hydrogen-bond donors (Lipinski definition) is 0. The van der Waals surface area contributed by atoms with Gasteiger partial charge in [-0.2, -0.15) is 0 Å². The molecule has 0 unspecified atom stereocenters. The van der Waals surface area contributed by atoms with E-state index in [1.165, 1.54) is 6.07 Å². The molecule has 0 atom stereocenters. The van der Waals surface area contributed by atoms with Crippen molar-refractivity contribution in [3.8, 4) is 0 Å². The monoisotopic (exact) mass is 264 g/mol. The Bertz CT molecular complexity index is 274. The summed E-state index contributed by atoms with van der Waals surface area (Å²) in [5, 5.41) is 0.0835. The number of nitrogens with zero attached hydrogens (tertiary/aromatic N) is 2. The van der Waals surface area contributed by atoms with Crippen molar-refractivity contribution in [3.63, 3.8) is 0 Å². The Morgan fingerprint density at radius 3 is 2.08 bits per heavy atom. The number of alkyl halides is 3. The SMILES string of the molecule is Clc1cc(C(Cl)(Cl)Cl)nc(Cl)n1. The van der Waals surface area contributed by atoms with Crippen LogP contribution in [0.25, 0.3) is 0 Å². The van der Waals surface area contributed by atoms with Crippen LogP contribution in [-0.2, 0) is 3.79 Å². The standard InChI is InChI=1S/C5HCl5N2/c6-3-1-2(5(8,9)10)11-4(7)12-3/h1H. The van der Waals surface area contributed by atoms with Crippen molar-refractivity contribution in [2.45, 2.75) is 3.79 Å². The highest BCUT2D eigenvalue weighted by Crippen LogP contribution is 2.37. The van der Waals surface area contributed by atoms with Gasteiger partial charge in [-0.05, 0) is 11.6 Å². The molecule has 0 saturated carbocycles. The van der Waals surface area contributed by atoms with Crippen LogP contribution in [0, 0.1) is 0 Å². The first-order valence-corrected chi connectivity index (χ1v) is 4.56. The molecule has 0 aliphatic heterocycles. The van der Waals surface area contributed by atoms with Crippen molar-refractivity contribution >= 4 is 58.0 Å². The van der Waals surface area contributed by atoms with Crippen molar-refractivity contribution in [1.29, 1.82) is 0 Å². The van der Waals surface area contributed by atoms with Gasteiger partial charge in [0.1, 0.15) is 5.15 Å². The van der Waals surface area contributed by atoms with Crippen molar-refractivity contribution in [2.75, 3.05) is 0 Å². The van der Waals surface area contributed by atoms with Gasteiger partial charge < -0.3 is 0 Å². The summed E-state index contributed by atoms with van der Waals surface area (Å²) in [6.45, 7) is 0. The van der Waals surface area contributed by atoms with E-state index in [1.54, 1.807) is 0 Å². The molecule has 1 aromatic rings. The van der Waals surface area contributed by atoms with Crippen molar-refractivity contribution < 1.29 is 0 Å². The predicted octanol–water partition coefficient (Wildman–Crippen LogP) is 3.61. The molecule has 66 valence electrons. The quantitative estimate of drug-likeness (QED) is 0.407. The zero-order valence-electron chi connectivity index (χ0n) is 5.36. The molecule has 0 aliphatic carbocycles. The van der Waals surface area contributed by atoms with Gasteiger partial charge in [-0.25, -0.2) is 9.97 Å². The average Bonchev–Trinajstić information content (AvgIpc) is 1.82. The van der Waals surface area contributed by atoms with Gasteiger partial charge in [0.05, 0.1) is 5.69 Å². The Morgan fingerprint density at radius 2 is 1.67 bits per heavy atom. The van der Waals surface area contributed by atoms with Crippen molar-refractivity contribution in [1.82, 2.24) is 9.97 Å². The molecule has 0 fully saturated rings. The summed E-state index contributed by atoms with van der Waals surface area (Å²) in [5.74, 6) is 0. The largest absolute Gasteiger partial charge is 0.232 e. The first-order chi connectivity index (χ1) is 5.39. The summed E-state index contributed by atoms with van der Waals surface area (Å²) in [5.41, 5.74) is 0.150. The zero-order valence-corrected chi connectivity index (χ0v) is 9.14. The summed E-state index contributed by atoms with van der Waals surface area (Å²) < 4.78 is -1.63. The Morgan fingerprint density at radius 1 is 1.08 bits per heavy atom. The second kappa shape index (κ2) is 3.72. The minimum atomic E-state index is -1.63. The highest BCUT2D eigenvalue weighted by molar-refractivity contribution is 6.66. The molecular weight excluding hydrogens is 265 g/mol. The van der Waals surface area contributed by atoms with Crippen LogP contribution in [0.15, 0.2) is 6.07 Å². The molecule has 0 bridgehead atoms. The highest BCUT2D eigenvalue weighted by Gasteiger charge is 2.25. The summed E-state index contributed by atoms with van der Waals surface area (Å²) in [7, 11) is 0. The lowest BCUT2D eigenvalue weighted by molar-refractivity contribution is 1.03. The normalized spacial score (nSPS) is 11.8. The third-order valence-corrected chi connectivity index (χ3v) is 1.90. The van der Waals surface area contributed by atoms with E-state index in [2.05, 4.69) is 9.97 Å². The van der Waals surface area contributed by atoms with E-state index in [0.717, 1.165) is 0 Å². The molecule has 1 rings (SSSR count). The lowest BCUT2D eigenvalue weighted by atomic mass is 10.4. The van der Waals surface area contributed by atoms with Gasteiger partial charge in [0.15, 0.2) is 0 Å². The van der Waals surface area contributed by atoms with E-state index < -0.39 is 3.79 Å². The maximum Gasteiger partial charge on any atom is 0.232 e. The summed E-state index contributed by atoms with van der Waals surface area (Å²) >= 11 is 27.6. The van der Waals surface area contributed by atoms with E-state index in [0.29, 0.717) is 0 Å². The molecule has 12 heavy (non-hydrogen) atoms. The second-order valence-corrected chi connectivity index (χ2v) is 4.85. The predicted molar refractivity (Wildman–Crippen MR) is 51.3 cm³/mol. The molecule has 0 aromatic carbocycles. The second-order valence-electron chi connectivity index (χ2n) is 1.84. The smallest absolute Gasteiger partial charge is 0.218 e. The van der Waals surface area contributed by atoms with Gasteiger partial charge in [0.2, 0.25) is 9.08 Å². The van der Waals surface area contributed by atoms with Gasteiger partial charge in [-0.15, -0.1) is 0 Å². The van der Waals surface area contributed by atoms with Gasteiger partial charge >= 0.3 is 0 Å². The van der Waals surface area contributed by atoms with Crippen LogP contribution >= 0.6 is 58.0 Å². The van der Waals surface area contributed by atoms with Gasteiger partial charge in [-0.1, -0.05) is 46.4 Å². The molecule has 2 nitrogen and oxygen atoms in total. The Balaban J connectivity index is 3.18. The van der Waals surface area contributed by atoms with Crippen LogP contribution in [-0.4, -0.2) is 9.97 Å². The first kappa shape index (κ1) is 10.6. The third-order valence-electron chi connectivity index (χ3n) is 0.958. The Hall–Kier alpha value is 0.530. The van der Waals surface area contributed by atoms with E-state index >= 15 is 0 Å². The maximum atomic E-state index is 5.54.